The number of nitrogens with zero attached hydrogens (tertiary/aromatic N) is 6. The van der Waals surface area contributed by atoms with Gasteiger partial charge in [-0.1, -0.05) is 41.6 Å². The molecule has 9 heteroatoms. The second kappa shape index (κ2) is 9.85. The maximum atomic E-state index is 13.0. The Balaban J connectivity index is 1.17. The highest BCUT2D eigenvalue weighted by atomic mass is 32.2. The van der Waals surface area contributed by atoms with E-state index in [1.165, 1.54) is 22.0 Å². The molecule has 7 nitrogen and oxygen atoms in total. The summed E-state index contributed by atoms with van der Waals surface area (Å²) in [6.07, 6.45) is 0. The van der Waals surface area contributed by atoms with E-state index < -0.39 is 0 Å². The molecule has 0 spiro atoms. The molecule has 0 unspecified atom stereocenters. The number of aromatic nitrogens is 4. The molecule has 5 rings (SSSR count). The first-order valence-corrected chi connectivity index (χ1v) is 13.3. The monoisotopic (exact) mass is 492 g/mol. The Morgan fingerprint density at radius 2 is 1.76 bits per heavy atom. The Labute approximate surface area is 207 Å². The predicted octanol–water partition coefficient (Wildman–Crippen LogP) is 4.49. The van der Waals surface area contributed by atoms with E-state index in [-0.39, 0.29) is 11.9 Å². The van der Waals surface area contributed by atoms with Gasteiger partial charge in [0.25, 0.3) is 0 Å². The van der Waals surface area contributed by atoms with Crippen LogP contribution in [0.5, 0.6) is 0 Å². The highest BCUT2D eigenvalue weighted by Gasteiger charge is 2.26. The lowest BCUT2D eigenvalue weighted by Gasteiger charge is -2.37. The van der Waals surface area contributed by atoms with E-state index >= 15 is 0 Å². The zero-order valence-electron chi connectivity index (χ0n) is 19.6. The second-order valence-corrected chi connectivity index (χ2v) is 10.6. The van der Waals surface area contributed by atoms with Gasteiger partial charge in [0, 0.05) is 31.9 Å². The molecule has 2 aromatic heterocycles. The lowest BCUT2D eigenvalue weighted by atomic mass is 10.2. The van der Waals surface area contributed by atoms with Crippen LogP contribution in [0.1, 0.15) is 29.4 Å². The Kier molecular flexibility index (Phi) is 6.67. The minimum atomic E-state index is 0.147. The molecule has 3 heterocycles. The highest BCUT2D eigenvalue weighted by molar-refractivity contribution is 7.99. The average Bonchev–Trinajstić information content (AvgIpc) is 3.46. The molecule has 0 radical (unpaired) electrons. The van der Waals surface area contributed by atoms with Crippen LogP contribution in [-0.2, 0) is 4.79 Å². The van der Waals surface area contributed by atoms with Gasteiger partial charge in [-0.3, -0.25) is 14.3 Å². The number of amides is 1. The molecule has 1 fully saturated rings. The van der Waals surface area contributed by atoms with Gasteiger partial charge in [0.05, 0.1) is 22.0 Å². The zero-order chi connectivity index (χ0) is 23.7. The van der Waals surface area contributed by atoms with Gasteiger partial charge < -0.3 is 4.90 Å². The van der Waals surface area contributed by atoms with Crippen molar-refractivity contribution in [2.75, 3.05) is 31.9 Å². The molecule has 176 valence electrons. The van der Waals surface area contributed by atoms with Gasteiger partial charge in [-0.05, 0) is 45.0 Å². The maximum absolute atomic E-state index is 13.0. The van der Waals surface area contributed by atoms with Crippen molar-refractivity contribution in [2.45, 2.75) is 32.0 Å². The third kappa shape index (κ3) is 4.73. The van der Waals surface area contributed by atoms with Gasteiger partial charge in [0.1, 0.15) is 10.8 Å². The molecule has 1 atom stereocenters. The number of rotatable bonds is 6. The summed E-state index contributed by atoms with van der Waals surface area (Å²) in [5.41, 5.74) is 3.28. The van der Waals surface area contributed by atoms with Crippen molar-refractivity contribution in [3.8, 4) is 5.69 Å². The summed E-state index contributed by atoms with van der Waals surface area (Å²) in [5, 5.41) is 10.4. The number of aryl methyl sites for hydroxylation is 2. The molecule has 1 amide bonds. The zero-order valence-corrected chi connectivity index (χ0v) is 21.3. The summed E-state index contributed by atoms with van der Waals surface area (Å²) < 4.78 is 3.23. The van der Waals surface area contributed by atoms with E-state index in [4.69, 9.17) is 4.98 Å². The quantitative estimate of drug-likeness (QED) is 0.370. The van der Waals surface area contributed by atoms with Crippen molar-refractivity contribution in [3.63, 3.8) is 0 Å². The van der Waals surface area contributed by atoms with Gasteiger partial charge in [-0.2, -0.15) is 0 Å². The van der Waals surface area contributed by atoms with Gasteiger partial charge >= 0.3 is 0 Å². The summed E-state index contributed by atoms with van der Waals surface area (Å²) in [6, 6.07) is 16.8. The molecule has 4 aromatic rings. The van der Waals surface area contributed by atoms with E-state index in [2.05, 4.69) is 71.4 Å². The van der Waals surface area contributed by atoms with Crippen LogP contribution in [0.3, 0.4) is 0 Å². The average molecular weight is 493 g/mol. The summed E-state index contributed by atoms with van der Waals surface area (Å²) in [5.74, 6) is 1.32. The summed E-state index contributed by atoms with van der Waals surface area (Å²) in [6.45, 7) is 9.39. The maximum Gasteiger partial charge on any atom is 0.233 e. The molecule has 2 aromatic carbocycles. The third-order valence-electron chi connectivity index (χ3n) is 6.29. The first kappa shape index (κ1) is 23.0. The third-order valence-corrected chi connectivity index (χ3v) is 8.41. The highest BCUT2D eigenvalue weighted by Crippen LogP contribution is 2.30. The molecule has 0 N–H and O–H groups in total. The number of hydrogen-bond donors (Lipinski definition) is 0. The number of hydrogen-bond acceptors (Lipinski definition) is 7. The molecular formula is C25H28N6OS2. The smallest absolute Gasteiger partial charge is 0.233 e. The first-order valence-electron chi connectivity index (χ1n) is 11.5. The number of fused-ring (bicyclic) bond motifs is 1. The second-order valence-electron chi connectivity index (χ2n) is 8.60. The van der Waals surface area contributed by atoms with Crippen LogP contribution in [0.4, 0.5) is 0 Å². The molecule has 1 aliphatic heterocycles. The van der Waals surface area contributed by atoms with Crippen LogP contribution in [0.25, 0.3) is 15.9 Å². The molecule has 0 saturated carbocycles. The van der Waals surface area contributed by atoms with Gasteiger partial charge in [-0.15, -0.1) is 21.5 Å². The van der Waals surface area contributed by atoms with Crippen LogP contribution < -0.4 is 0 Å². The lowest BCUT2D eigenvalue weighted by Crippen LogP contribution is -2.49. The Hall–Kier alpha value is -2.75. The van der Waals surface area contributed by atoms with E-state index in [0.717, 1.165) is 53.4 Å². The fraction of sp³-hybridized carbons (Fsp3) is 0.360. The normalized spacial score (nSPS) is 15.7. The van der Waals surface area contributed by atoms with Crippen molar-refractivity contribution >= 4 is 39.2 Å². The van der Waals surface area contributed by atoms with Gasteiger partial charge in [-0.25, -0.2) is 4.98 Å². The first-order chi connectivity index (χ1) is 16.5. The predicted molar refractivity (Wildman–Crippen MR) is 138 cm³/mol. The van der Waals surface area contributed by atoms with Crippen LogP contribution in [0, 0.1) is 13.8 Å². The minimum absolute atomic E-state index is 0.147. The Morgan fingerprint density at radius 1 is 1.03 bits per heavy atom. The molecular weight excluding hydrogens is 464 g/mol. The van der Waals surface area contributed by atoms with Crippen molar-refractivity contribution < 1.29 is 4.79 Å². The Bertz CT molecular complexity index is 1260. The van der Waals surface area contributed by atoms with Crippen molar-refractivity contribution in [3.05, 3.63) is 64.9 Å². The summed E-state index contributed by atoms with van der Waals surface area (Å²) in [4.78, 5) is 22.2. The number of thiazole rings is 1. The molecule has 0 aliphatic carbocycles. The van der Waals surface area contributed by atoms with Gasteiger partial charge in [0.15, 0.2) is 5.16 Å². The Morgan fingerprint density at radius 3 is 2.50 bits per heavy atom. The summed E-state index contributed by atoms with van der Waals surface area (Å²) in [7, 11) is 0. The largest absolute Gasteiger partial charge is 0.339 e. The van der Waals surface area contributed by atoms with Crippen LogP contribution in [-0.4, -0.2) is 67.4 Å². The standard InChI is InChI=1S/C25H28N6OS2/c1-17-8-10-20(11-9-17)31-19(3)27-28-25(31)33-16-23(32)30-14-12-29(13-15-30)18(2)24-26-21-6-4-5-7-22(21)34-24/h4-11,18H,12-16H2,1-3H3/t18-/m0/s1. The topological polar surface area (TPSA) is 67.2 Å². The molecule has 0 bridgehead atoms. The van der Waals surface area contributed by atoms with Crippen LogP contribution >= 0.6 is 23.1 Å². The van der Waals surface area contributed by atoms with Crippen molar-refractivity contribution in [1.82, 2.24) is 29.5 Å². The van der Waals surface area contributed by atoms with E-state index in [1.54, 1.807) is 11.3 Å². The van der Waals surface area contributed by atoms with E-state index in [9.17, 15) is 4.79 Å². The van der Waals surface area contributed by atoms with Crippen LogP contribution in [0.2, 0.25) is 0 Å². The van der Waals surface area contributed by atoms with Crippen LogP contribution in [0.15, 0.2) is 53.7 Å². The van der Waals surface area contributed by atoms with Crippen molar-refractivity contribution in [1.29, 1.82) is 0 Å². The fourth-order valence-electron chi connectivity index (χ4n) is 4.23. The van der Waals surface area contributed by atoms with Crippen molar-refractivity contribution in [2.24, 2.45) is 0 Å². The number of carbonyl (C=O) groups is 1. The number of piperazine rings is 1. The molecule has 34 heavy (non-hydrogen) atoms. The SMILES string of the molecule is Cc1ccc(-n2c(C)nnc2SCC(=O)N2CCN([C@@H](C)c3nc4ccccc4s3)CC2)cc1. The van der Waals surface area contributed by atoms with Gasteiger partial charge in [0.2, 0.25) is 5.91 Å². The number of para-hydroxylation sites is 1. The minimum Gasteiger partial charge on any atom is -0.339 e. The molecule has 1 saturated heterocycles. The van der Waals surface area contributed by atoms with E-state index in [0.29, 0.717) is 5.75 Å². The fourth-order valence-corrected chi connectivity index (χ4v) is 6.18. The number of thioether (sulfide) groups is 1. The molecule has 1 aliphatic rings. The number of carbonyl (C=O) groups excluding carboxylic acids is 1. The summed E-state index contributed by atoms with van der Waals surface area (Å²) >= 11 is 3.21. The number of benzene rings is 2. The van der Waals surface area contributed by atoms with E-state index in [1.807, 2.05) is 22.5 Å². The lowest BCUT2D eigenvalue weighted by molar-refractivity contribution is -0.130.